The van der Waals surface area contributed by atoms with Crippen molar-refractivity contribution in [2.24, 2.45) is 7.05 Å². The molecule has 1 aromatic carbocycles. The zero-order valence-corrected chi connectivity index (χ0v) is 17.8. The van der Waals surface area contributed by atoms with Crippen molar-refractivity contribution in [3.63, 3.8) is 0 Å². The van der Waals surface area contributed by atoms with E-state index >= 15 is 0 Å². The van der Waals surface area contributed by atoms with Gasteiger partial charge in [0.25, 0.3) is 0 Å². The van der Waals surface area contributed by atoms with Crippen LogP contribution < -0.4 is 0 Å². The third-order valence-corrected chi connectivity index (χ3v) is 8.60. The second-order valence-corrected chi connectivity index (χ2v) is 10.8. The van der Waals surface area contributed by atoms with Crippen molar-refractivity contribution < 1.29 is 16.8 Å². The molecule has 28 heavy (non-hydrogen) atoms. The number of rotatable bonds is 6. The van der Waals surface area contributed by atoms with Crippen LogP contribution in [0.25, 0.3) is 0 Å². The Balaban J connectivity index is 1.75. The fourth-order valence-electron chi connectivity index (χ4n) is 3.30. The minimum atomic E-state index is -3.68. The van der Waals surface area contributed by atoms with Gasteiger partial charge in [-0.25, -0.2) is 16.8 Å². The first-order valence-corrected chi connectivity index (χ1v) is 12.2. The first-order valence-electron chi connectivity index (χ1n) is 9.33. The lowest BCUT2D eigenvalue weighted by Crippen LogP contribution is -2.37. The standard InChI is InChI=1S/C18H26N4O4S2/c1-3-5-16-6-8-17(9-7-16)27(23,24)21-10-4-11-22(13-12-21)28(25,26)18-14-19-20(2)15-18/h6-9,14-15H,3-5,10-13H2,1-2H3. The number of aromatic nitrogens is 2. The Labute approximate surface area is 166 Å². The number of nitrogens with zero attached hydrogens (tertiary/aromatic N) is 4. The number of hydrogen-bond donors (Lipinski definition) is 0. The minimum absolute atomic E-state index is 0.115. The Morgan fingerprint density at radius 2 is 1.46 bits per heavy atom. The molecule has 0 atom stereocenters. The van der Waals surface area contributed by atoms with Gasteiger partial charge in [0.2, 0.25) is 20.0 Å². The van der Waals surface area contributed by atoms with Gasteiger partial charge in [-0.15, -0.1) is 0 Å². The van der Waals surface area contributed by atoms with E-state index in [0.717, 1.165) is 18.4 Å². The molecule has 0 bridgehead atoms. The van der Waals surface area contributed by atoms with Gasteiger partial charge in [-0.2, -0.15) is 13.7 Å². The Bertz CT molecular complexity index is 1010. The lowest BCUT2D eigenvalue weighted by atomic mass is 10.1. The Kier molecular flexibility index (Phi) is 6.23. The minimum Gasteiger partial charge on any atom is -0.274 e. The molecule has 1 aromatic heterocycles. The number of aryl methyl sites for hydroxylation is 2. The molecule has 3 rings (SSSR count). The average molecular weight is 427 g/mol. The fourth-order valence-corrected chi connectivity index (χ4v) is 6.22. The van der Waals surface area contributed by atoms with Gasteiger partial charge in [-0.3, -0.25) is 4.68 Å². The molecule has 0 aliphatic carbocycles. The summed E-state index contributed by atoms with van der Waals surface area (Å²) in [5.41, 5.74) is 1.10. The Morgan fingerprint density at radius 1 is 0.893 bits per heavy atom. The summed E-state index contributed by atoms with van der Waals surface area (Å²) in [5.74, 6) is 0. The number of benzene rings is 1. The Morgan fingerprint density at radius 3 is 1.96 bits per heavy atom. The first-order chi connectivity index (χ1) is 13.2. The molecule has 1 aliphatic rings. The van der Waals surface area contributed by atoms with Gasteiger partial charge in [0.05, 0.1) is 11.1 Å². The third kappa shape index (κ3) is 4.29. The monoisotopic (exact) mass is 426 g/mol. The quantitative estimate of drug-likeness (QED) is 0.697. The predicted molar refractivity (Wildman–Crippen MR) is 106 cm³/mol. The summed E-state index contributed by atoms with van der Waals surface area (Å²) in [6, 6.07) is 6.95. The molecule has 0 radical (unpaired) electrons. The van der Waals surface area contributed by atoms with E-state index in [1.165, 1.54) is 25.7 Å². The smallest absolute Gasteiger partial charge is 0.246 e. The molecule has 2 aromatic rings. The summed E-state index contributed by atoms with van der Waals surface area (Å²) in [6.07, 6.45) is 5.11. The van der Waals surface area contributed by atoms with Gasteiger partial charge >= 0.3 is 0 Å². The SMILES string of the molecule is CCCc1ccc(S(=O)(=O)N2CCCN(S(=O)(=O)c3cnn(C)c3)CC2)cc1. The van der Waals surface area contributed by atoms with Crippen LogP contribution in [0.1, 0.15) is 25.3 Å². The van der Waals surface area contributed by atoms with Crippen molar-refractivity contribution in [1.29, 1.82) is 0 Å². The van der Waals surface area contributed by atoms with E-state index in [2.05, 4.69) is 12.0 Å². The van der Waals surface area contributed by atoms with E-state index < -0.39 is 20.0 Å². The van der Waals surface area contributed by atoms with Gasteiger partial charge in [-0.1, -0.05) is 25.5 Å². The summed E-state index contributed by atoms with van der Waals surface area (Å²) >= 11 is 0. The normalized spacial score (nSPS) is 17.5. The van der Waals surface area contributed by atoms with E-state index in [1.54, 1.807) is 19.2 Å². The van der Waals surface area contributed by atoms with Gasteiger partial charge in [0, 0.05) is 39.4 Å². The third-order valence-electron chi connectivity index (χ3n) is 4.83. The molecule has 0 spiro atoms. The molecule has 1 saturated heterocycles. The van der Waals surface area contributed by atoms with Gasteiger partial charge in [0.1, 0.15) is 4.90 Å². The van der Waals surface area contributed by atoms with Crippen LogP contribution in [0.3, 0.4) is 0 Å². The van der Waals surface area contributed by atoms with Crippen molar-refractivity contribution in [3.05, 3.63) is 42.2 Å². The average Bonchev–Trinajstić information content (AvgIpc) is 2.94. The van der Waals surface area contributed by atoms with E-state index in [4.69, 9.17) is 0 Å². The van der Waals surface area contributed by atoms with E-state index in [1.807, 2.05) is 12.1 Å². The van der Waals surface area contributed by atoms with Crippen molar-refractivity contribution in [3.8, 4) is 0 Å². The maximum atomic E-state index is 13.0. The maximum Gasteiger partial charge on any atom is 0.246 e. The first kappa shape index (κ1) is 21.0. The van der Waals surface area contributed by atoms with E-state index in [-0.39, 0.29) is 36.0 Å². The lowest BCUT2D eigenvalue weighted by molar-refractivity contribution is 0.404. The molecular formula is C18H26N4O4S2. The van der Waals surface area contributed by atoms with E-state index in [9.17, 15) is 16.8 Å². The predicted octanol–water partition coefficient (Wildman–Crippen LogP) is 1.46. The molecule has 10 heteroatoms. The molecule has 154 valence electrons. The molecule has 1 fully saturated rings. The number of hydrogen-bond acceptors (Lipinski definition) is 5. The summed E-state index contributed by atoms with van der Waals surface area (Å²) in [4.78, 5) is 0.369. The van der Waals surface area contributed by atoms with Crippen LogP contribution in [0.15, 0.2) is 46.5 Å². The van der Waals surface area contributed by atoms with Crippen LogP contribution in [0.5, 0.6) is 0 Å². The lowest BCUT2D eigenvalue weighted by Gasteiger charge is -2.21. The van der Waals surface area contributed by atoms with Crippen molar-refractivity contribution in [1.82, 2.24) is 18.4 Å². The van der Waals surface area contributed by atoms with Crippen molar-refractivity contribution >= 4 is 20.0 Å². The highest BCUT2D eigenvalue weighted by atomic mass is 32.2. The van der Waals surface area contributed by atoms with Crippen LogP contribution in [0, 0.1) is 0 Å². The van der Waals surface area contributed by atoms with Crippen molar-refractivity contribution in [2.75, 3.05) is 26.2 Å². The van der Waals surface area contributed by atoms with Crippen LogP contribution in [-0.2, 0) is 33.5 Å². The number of sulfonamides is 2. The Hall–Kier alpha value is -1.75. The van der Waals surface area contributed by atoms with Crippen LogP contribution in [0.2, 0.25) is 0 Å². The molecule has 0 N–H and O–H groups in total. The second kappa shape index (κ2) is 8.32. The molecule has 0 saturated carbocycles. The molecule has 8 nitrogen and oxygen atoms in total. The molecule has 2 heterocycles. The summed E-state index contributed by atoms with van der Waals surface area (Å²) < 4.78 is 55.7. The molecule has 0 amide bonds. The highest BCUT2D eigenvalue weighted by molar-refractivity contribution is 7.89. The maximum absolute atomic E-state index is 13.0. The zero-order chi connectivity index (χ0) is 20.4. The van der Waals surface area contributed by atoms with Crippen LogP contribution in [-0.4, -0.2) is 61.4 Å². The van der Waals surface area contributed by atoms with E-state index in [0.29, 0.717) is 6.42 Å². The fraction of sp³-hybridized carbons (Fsp3) is 0.500. The largest absolute Gasteiger partial charge is 0.274 e. The van der Waals surface area contributed by atoms with Crippen LogP contribution >= 0.6 is 0 Å². The summed E-state index contributed by atoms with van der Waals surface area (Å²) in [6.45, 7) is 2.88. The van der Waals surface area contributed by atoms with Gasteiger partial charge < -0.3 is 0 Å². The molecule has 0 unspecified atom stereocenters. The zero-order valence-electron chi connectivity index (χ0n) is 16.2. The molecular weight excluding hydrogens is 400 g/mol. The highest BCUT2D eigenvalue weighted by Gasteiger charge is 2.32. The van der Waals surface area contributed by atoms with Crippen molar-refractivity contribution in [2.45, 2.75) is 36.0 Å². The second-order valence-electron chi connectivity index (χ2n) is 6.91. The highest BCUT2D eigenvalue weighted by Crippen LogP contribution is 2.22. The summed E-state index contributed by atoms with van der Waals surface area (Å²) in [7, 11) is -5.68. The molecule has 1 aliphatic heterocycles. The van der Waals surface area contributed by atoms with Gasteiger partial charge in [-0.05, 0) is 30.5 Å². The topological polar surface area (TPSA) is 92.6 Å². The van der Waals surface area contributed by atoms with Gasteiger partial charge in [0.15, 0.2) is 0 Å². The summed E-state index contributed by atoms with van der Waals surface area (Å²) in [5, 5.41) is 3.92. The van der Waals surface area contributed by atoms with Crippen LogP contribution in [0.4, 0.5) is 0 Å².